The van der Waals surface area contributed by atoms with E-state index in [1.54, 1.807) is 6.92 Å². The standard InChI is InChI=1S/C12H16N2O6S/c1-3-13(8-9(2)12(15)16)21(19,20)11-6-4-5-10(7-11)14(17)18/h4-7,9H,3,8H2,1-2H3,(H,15,16). The molecule has 1 aromatic rings. The number of non-ortho nitro benzene ring substituents is 1. The Kier molecular flexibility index (Phi) is 5.39. The van der Waals surface area contributed by atoms with Gasteiger partial charge in [0.2, 0.25) is 10.0 Å². The Morgan fingerprint density at radius 2 is 2.10 bits per heavy atom. The number of benzene rings is 1. The van der Waals surface area contributed by atoms with Gasteiger partial charge in [0.15, 0.2) is 0 Å². The van der Waals surface area contributed by atoms with Crippen LogP contribution in [0.25, 0.3) is 0 Å². The highest BCUT2D eigenvalue weighted by molar-refractivity contribution is 7.89. The van der Waals surface area contributed by atoms with Gasteiger partial charge in [0.1, 0.15) is 0 Å². The second kappa shape index (κ2) is 6.64. The summed E-state index contributed by atoms with van der Waals surface area (Å²) in [4.78, 5) is 20.6. The summed E-state index contributed by atoms with van der Waals surface area (Å²) < 4.78 is 25.8. The maximum atomic E-state index is 12.4. The maximum Gasteiger partial charge on any atom is 0.307 e. The van der Waals surface area contributed by atoms with Crippen molar-refractivity contribution < 1.29 is 23.2 Å². The highest BCUT2D eigenvalue weighted by Crippen LogP contribution is 2.21. The van der Waals surface area contributed by atoms with Crippen LogP contribution in [0.5, 0.6) is 0 Å². The van der Waals surface area contributed by atoms with E-state index in [-0.39, 0.29) is 23.7 Å². The first-order valence-corrected chi connectivity index (χ1v) is 7.61. The second-order valence-electron chi connectivity index (χ2n) is 4.45. The number of nitro groups is 1. The molecule has 0 heterocycles. The Morgan fingerprint density at radius 1 is 1.48 bits per heavy atom. The zero-order valence-electron chi connectivity index (χ0n) is 11.6. The van der Waals surface area contributed by atoms with Gasteiger partial charge in [-0.05, 0) is 6.07 Å². The first-order valence-electron chi connectivity index (χ1n) is 6.17. The number of sulfonamides is 1. The van der Waals surface area contributed by atoms with E-state index in [1.807, 2.05) is 0 Å². The van der Waals surface area contributed by atoms with Gasteiger partial charge in [0.05, 0.1) is 15.7 Å². The van der Waals surface area contributed by atoms with Crippen molar-refractivity contribution >= 4 is 21.7 Å². The van der Waals surface area contributed by atoms with Crippen LogP contribution in [0.15, 0.2) is 29.2 Å². The average Bonchev–Trinajstić information content (AvgIpc) is 2.44. The molecule has 0 amide bonds. The Bertz CT molecular complexity index is 643. The van der Waals surface area contributed by atoms with Gasteiger partial charge in [0.25, 0.3) is 5.69 Å². The molecule has 0 aliphatic heterocycles. The number of hydrogen-bond acceptors (Lipinski definition) is 5. The predicted molar refractivity (Wildman–Crippen MR) is 74.3 cm³/mol. The Morgan fingerprint density at radius 3 is 2.57 bits per heavy atom. The molecule has 116 valence electrons. The third-order valence-electron chi connectivity index (χ3n) is 2.92. The van der Waals surface area contributed by atoms with Gasteiger partial charge in [-0.25, -0.2) is 8.42 Å². The van der Waals surface area contributed by atoms with Crippen molar-refractivity contribution in [3.05, 3.63) is 34.4 Å². The molecule has 9 heteroatoms. The molecule has 1 atom stereocenters. The molecule has 0 saturated carbocycles. The van der Waals surface area contributed by atoms with Crippen molar-refractivity contribution in [3.63, 3.8) is 0 Å². The summed E-state index contributed by atoms with van der Waals surface area (Å²) in [5.74, 6) is -1.99. The maximum absolute atomic E-state index is 12.4. The molecule has 1 N–H and O–H groups in total. The first kappa shape index (κ1) is 17.1. The zero-order chi connectivity index (χ0) is 16.2. The van der Waals surface area contributed by atoms with E-state index >= 15 is 0 Å². The molecule has 0 fully saturated rings. The van der Waals surface area contributed by atoms with E-state index in [0.29, 0.717) is 0 Å². The lowest BCUT2D eigenvalue weighted by Crippen LogP contribution is -2.36. The number of rotatable bonds is 7. The van der Waals surface area contributed by atoms with Crippen LogP contribution < -0.4 is 0 Å². The summed E-state index contributed by atoms with van der Waals surface area (Å²) in [7, 11) is -3.97. The van der Waals surface area contributed by atoms with Gasteiger partial charge in [-0.3, -0.25) is 14.9 Å². The second-order valence-corrected chi connectivity index (χ2v) is 6.39. The molecule has 0 aliphatic carbocycles. The molecule has 8 nitrogen and oxygen atoms in total. The minimum absolute atomic E-state index is 0.0721. The lowest BCUT2D eigenvalue weighted by atomic mass is 10.2. The zero-order valence-corrected chi connectivity index (χ0v) is 12.4. The molecular formula is C12H16N2O6S. The fourth-order valence-electron chi connectivity index (χ4n) is 1.69. The van der Waals surface area contributed by atoms with Crippen molar-refractivity contribution in [1.29, 1.82) is 0 Å². The molecule has 21 heavy (non-hydrogen) atoms. The fraction of sp³-hybridized carbons (Fsp3) is 0.417. The van der Waals surface area contributed by atoms with E-state index in [4.69, 9.17) is 5.11 Å². The Labute approximate surface area is 122 Å². The quantitative estimate of drug-likeness (QED) is 0.599. The third kappa shape index (κ3) is 3.99. The number of aliphatic carboxylic acids is 1. The minimum atomic E-state index is -3.97. The lowest BCUT2D eigenvalue weighted by Gasteiger charge is -2.22. The molecule has 0 saturated heterocycles. The van der Waals surface area contributed by atoms with Gasteiger partial charge < -0.3 is 5.11 Å². The van der Waals surface area contributed by atoms with Crippen LogP contribution >= 0.6 is 0 Å². The largest absolute Gasteiger partial charge is 0.481 e. The molecule has 0 radical (unpaired) electrons. The molecule has 0 aliphatic rings. The third-order valence-corrected chi connectivity index (χ3v) is 4.85. The van der Waals surface area contributed by atoms with Crippen molar-refractivity contribution in [2.24, 2.45) is 5.92 Å². The Balaban J connectivity index is 3.15. The predicted octanol–water partition coefficient (Wildman–Crippen LogP) is 1.33. The van der Waals surface area contributed by atoms with Crippen molar-refractivity contribution in [2.45, 2.75) is 18.7 Å². The van der Waals surface area contributed by atoms with Gasteiger partial charge >= 0.3 is 5.97 Å². The lowest BCUT2D eigenvalue weighted by molar-refractivity contribution is -0.385. The summed E-state index contributed by atoms with van der Waals surface area (Å²) in [5.41, 5.74) is -0.335. The molecule has 1 unspecified atom stereocenters. The normalized spacial score (nSPS) is 13.1. The van der Waals surface area contributed by atoms with Gasteiger partial charge in [-0.1, -0.05) is 19.9 Å². The van der Waals surface area contributed by atoms with E-state index in [1.165, 1.54) is 25.1 Å². The number of nitro benzene ring substituents is 1. The Hall–Kier alpha value is -2.00. The molecule has 0 spiro atoms. The smallest absolute Gasteiger partial charge is 0.307 e. The van der Waals surface area contributed by atoms with Crippen LogP contribution in [-0.4, -0.2) is 41.8 Å². The van der Waals surface area contributed by atoms with Crippen LogP contribution in [0, 0.1) is 16.0 Å². The number of hydrogen-bond donors (Lipinski definition) is 1. The van der Waals surface area contributed by atoms with Crippen LogP contribution in [0.4, 0.5) is 5.69 Å². The molecular weight excluding hydrogens is 300 g/mol. The molecule has 1 rings (SSSR count). The van der Waals surface area contributed by atoms with E-state index in [2.05, 4.69) is 0 Å². The molecule has 0 bridgehead atoms. The van der Waals surface area contributed by atoms with Gasteiger partial charge in [-0.15, -0.1) is 0 Å². The van der Waals surface area contributed by atoms with Crippen LogP contribution in [-0.2, 0) is 14.8 Å². The van der Waals surface area contributed by atoms with E-state index < -0.39 is 26.8 Å². The van der Waals surface area contributed by atoms with Crippen LogP contribution in [0.1, 0.15) is 13.8 Å². The highest BCUT2D eigenvalue weighted by Gasteiger charge is 2.27. The average molecular weight is 316 g/mol. The van der Waals surface area contributed by atoms with Crippen LogP contribution in [0.2, 0.25) is 0 Å². The first-order chi connectivity index (χ1) is 9.70. The summed E-state index contributed by atoms with van der Waals surface area (Å²) in [6.45, 7) is 2.84. The summed E-state index contributed by atoms with van der Waals surface area (Å²) in [5, 5.41) is 19.6. The van der Waals surface area contributed by atoms with Crippen molar-refractivity contribution in [1.82, 2.24) is 4.31 Å². The number of carboxylic acid groups (broad SMARTS) is 1. The topological polar surface area (TPSA) is 118 Å². The minimum Gasteiger partial charge on any atom is -0.481 e. The summed E-state index contributed by atoms with van der Waals surface area (Å²) in [6, 6.07) is 4.68. The van der Waals surface area contributed by atoms with Gasteiger partial charge in [-0.2, -0.15) is 4.31 Å². The van der Waals surface area contributed by atoms with Crippen molar-refractivity contribution in [2.75, 3.05) is 13.1 Å². The van der Waals surface area contributed by atoms with Crippen LogP contribution in [0.3, 0.4) is 0 Å². The summed E-state index contributed by atoms with van der Waals surface area (Å²) >= 11 is 0. The number of carbonyl (C=O) groups is 1. The van der Waals surface area contributed by atoms with Crippen molar-refractivity contribution in [3.8, 4) is 0 Å². The number of carboxylic acids is 1. The number of nitrogens with zero attached hydrogens (tertiary/aromatic N) is 2. The van der Waals surface area contributed by atoms with E-state index in [0.717, 1.165) is 10.4 Å². The van der Waals surface area contributed by atoms with E-state index in [9.17, 15) is 23.3 Å². The monoisotopic (exact) mass is 316 g/mol. The SMILES string of the molecule is CCN(CC(C)C(=O)O)S(=O)(=O)c1cccc([N+](=O)[O-])c1. The van der Waals surface area contributed by atoms with Gasteiger partial charge in [0, 0.05) is 25.2 Å². The molecule has 1 aromatic carbocycles. The highest BCUT2D eigenvalue weighted by atomic mass is 32.2. The summed E-state index contributed by atoms with van der Waals surface area (Å²) in [6.07, 6.45) is 0. The molecule has 0 aromatic heterocycles. The fourth-order valence-corrected chi connectivity index (χ4v) is 3.27.